The molecule has 3 nitrogen and oxygen atoms in total. The van der Waals surface area contributed by atoms with E-state index in [-0.39, 0.29) is 0 Å². The average Bonchev–Trinajstić information content (AvgIpc) is 2.82. The normalized spacial score (nSPS) is 25.1. The van der Waals surface area contributed by atoms with Gasteiger partial charge in [-0.2, -0.15) is 5.26 Å². The van der Waals surface area contributed by atoms with Gasteiger partial charge in [0.2, 0.25) is 0 Å². The molecule has 2 fully saturated rings. The largest absolute Gasteiger partial charge is 0.301 e. The Bertz CT molecular complexity index is 330. The molecule has 0 N–H and O–H groups in total. The Labute approximate surface area is 124 Å². The SMILES string of the molecule is CCC(CC)(CCC#N)CN1CCCN2CCCC2C1. The van der Waals surface area contributed by atoms with Gasteiger partial charge >= 0.3 is 0 Å². The summed E-state index contributed by atoms with van der Waals surface area (Å²) in [6, 6.07) is 3.16. The summed E-state index contributed by atoms with van der Waals surface area (Å²) in [5, 5.41) is 8.92. The minimum atomic E-state index is 0.365. The van der Waals surface area contributed by atoms with Crippen molar-refractivity contribution in [1.29, 1.82) is 5.26 Å². The first-order valence-electron chi connectivity index (χ1n) is 8.56. The van der Waals surface area contributed by atoms with E-state index < -0.39 is 0 Å². The summed E-state index contributed by atoms with van der Waals surface area (Å²) in [7, 11) is 0. The fourth-order valence-electron chi connectivity index (χ4n) is 4.13. The number of hydrogen-bond donors (Lipinski definition) is 0. The Morgan fingerprint density at radius 1 is 1.15 bits per heavy atom. The molecule has 2 rings (SSSR count). The van der Waals surface area contributed by atoms with E-state index in [1.165, 1.54) is 64.8 Å². The van der Waals surface area contributed by atoms with Gasteiger partial charge in [-0.15, -0.1) is 0 Å². The molecular weight excluding hydrogens is 246 g/mol. The van der Waals surface area contributed by atoms with Gasteiger partial charge in [0.05, 0.1) is 6.07 Å². The zero-order valence-electron chi connectivity index (χ0n) is 13.4. The van der Waals surface area contributed by atoms with Gasteiger partial charge in [-0.05, 0) is 63.6 Å². The molecule has 0 aromatic heterocycles. The van der Waals surface area contributed by atoms with Crippen LogP contribution in [-0.4, -0.2) is 48.6 Å². The maximum absolute atomic E-state index is 8.92. The molecular formula is C17H31N3. The van der Waals surface area contributed by atoms with Crippen molar-refractivity contribution in [3.05, 3.63) is 0 Å². The van der Waals surface area contributed by atoms with Crippen molar-refractivity contribution in [1.82, 2.24) is 9.80 Å². The third-order valence-electron chi connectivity index (χ3n) is 5.71. The number of fused-ring (bicyclic) bond motifs is 1. The molecule has 2 aliphatic rings. The first-order chi connectivity index (χ1) is 9.73. The Hall–Kier alpha value is -0.590. The van der Waals surface area contributed by atoms with Crippen molar-refractivity contribution >= 4 is 0 Å². The van der Waals surface area contributed by atoms with E-state index in [2.05, 4.69) is 29.7 Å². The topological polar surface area (TPSA) is 30.3 Å². The maximum atomic E-state index is 8.92. The predicted molar refractivity (Wildman–Crippen MR) is 83.5 cm³/mol. The van der Waals surface area contributed by atoms with Gasteiger partial charge < -0.3 is 4.90 Å². The molecule has 2 aliphatic heterocycles. The van der Waals surface area contributed by atoms with Crippen LogP contribution in [0, 0.1) is 16.7 Å². The van der Waals surface area contributed by atoms with Gasteiger partial charge in [-0.1, -0.05) is 13.8 Å². The number of rotatable bonds is 6. The van der Waals surface area contributed by atoms with Crippen LogP contribution >= 0.6 is 0 Å². The van der Waals surface area contributed by atoms with Crippen LogP contribution in [0.4, 0.5) is 0 Å². The average molecular weight is 277 g/mol. The third kappa shape index (κ3) is 3.74. The second kappa shape index (κ2) is 7.43. The Balaban J connectivity index is 1.96. The number of hydrogen-bond acceptors (Lipinski definition) is 3. The minimum absolute atomic E-state index is 0.365. The fourth-order valence-corrected chi connectivity index (χ4v) is 4.13. The fraction of sp³-hybridized carbons (Fsp3) is 0.941. The molecule has 114 valence electrons. The second-order valence-electron chi connectivity index (χ2n) is 6.79. The van der Waals surface area contributed by atoms with Gasteiger partial charge in [-0.25, -0.2) is 0 Å². The molecule has 2 heterocycles. The lowest BCUT2D eigenvalue weighted by Gasteiger charge is -2.37. The van der Waals surface area contributed by atoms with Gasteiger partial charge in [-0.3, -0.25) is 4.90 Å². The Morgan fingerprint density at radius 2 is 1.90 bits per heavy atom. The van der Waals surface area contributed by atoms with E-state index in [9.17, 15) is 0 Å². The lowest BCUT2D eigenvalue weighted by atomic mass is 9.77. The number of nitrogens with zero attached hydrogens (tertiary/aromatic N) is 3. The first-order valence-corrected chi connectivity index (χ1v) is 8.56. The molecule has 0 aromatic carbocycles. The van der Waals surface area contributed by atoms with Crippen molar-refractivity contribution in [2.75, 3.05) is 32.7 Å². The summed E-state index contributed by atoms with van der Waals surface area (Å²) in [6.07, 6.45) is 8.29. The van der Waals surface area contributed by atoms with Crippen molar-refractivity contribution in [3.8, 4) is 6.07 Å². The molecule has 0 bridgehead atoms. The molecule has 3 heteroatoms. The Morgan fingerprint density at radius 3 is 2.60 bits per heavy atom. The summed E-state index contributed by atoms with van der Waals surface area (Å²) >= 11 is 0. The molecule has 0 aromatic rings. The summed E-state index contributed by atoms with van der Waals surface area (Å²) in [4.78, 5) is 5.41. The van der Waals surface area contributed by atoms with Crippen LogP contribution in [0.2, 0.25) is 0 Å². The van der Waals surface area contributed by atoms with Crippen LogP contribution in [-0.2, 0) is 0 Å². The zero-order valence-corrected chi connectivity index (χ0v) is 13.4. The molecule has 0 spiro atoms. The van der Waals surface area contributed by atoms with E-state index in [0.717, 1.165) is 12.5 Å². The summed E-state index contributed by atoms with van der Waals surface area (Å²) in [6.45, 7) is 10.9. The molecule has 20 heavy (non-hydrogen) atoms. The highest BCUT2D eigenvalue weighted by Gasteiger charge is 2.33. The molecule has 0 aliphatic carbocycles. The first kappa shape index (κ1) is 15.8. The molecule has 2 saturated heterocycles. The van der Waals surface area contributed by atoms with Crippen LogP contribution < -0.4 is 0 Å². The molecule has 1 atom stereocenters. The maximum Gasteiger partial charge on any atom is 0.0621 e. The highest BCUT2D eigenvalue weighted by atomic mass is 15.3. The second-order valence-corrected chi connectivity index (χ2v) is 6.79. The van der Waals surface area contributed by atoms with E-state index >= 15 is 0 Å². The minimum Gasteiger partial charge on any atom is -0.301 e. The molecule has 0 saturated carbocycles. The zero-order chi connectivity index (χ0) is 14.4. The predicted octanol–water partition coefficient (Wildman–Crippen LogP) is 3.27. The molecule has 0 amide bonds. The molecule has 1 unspecified atom stereocenters. The van der Waals surface area contributed by atoms with Gasteiger partial charge in [0.25, 0.3) is 0 Å². The lowest BCUT2D eigenvalue weighted by Crippen LogP contribution is -2.42. The van der Waals surface area contributed by atoms with Gasteiger partial charge in [0, 0.05) is 25.6 Å². The van der Waals surface area contributed by atoms with Crippen LogP contribution in [0.3, 0.4) is 0 Å². The standard InChI is InChI=1S/C17H31N3/c1-3-17(4-2,9-6-10-18)15-19-11-7-13-20-12-5-8-16(20)14-19/h16H,3-9,11-15H2,1-2H3. The highest BCUT2D eigenvalue weighted by Crippen LogP contribution is 2.34. The van der Waals surface area contributed by atoms with Crippen LogP contribution in [0.15, 0.2) is 0 Å². The summed E-state index contributed by atoms with van der Waals surface area (Å²) in [5.41, 5.74) is 0.365. The quantitative estimate of drug-likeness (QED) is 0.746. The van der Waals surface area contributed by atoms with Gasteiger partial charge in [0.1, 0.15) is 0 Å². The number of nitriles is 1. The van der Waals surface area contributed by atoms with Gasteiger partial charge in [0.15, 0.2) is 0 Å². The lowest BCUT2D eigenvalue weighted by molar-refractivity contribution is 0.120. The van der Waals surface area contributed by atoms with Crippen LogP contribution in [0.5, 0.6) is 0 Å². The van der Waals surface area contributed by atoms with Crippen molar-refractivity contribution < 1.29 is 0 Å². The van der Waals surface area contributed by atoms with Crippen LogP contribution in [0.25, 0.3) is 0 Å². The monoisotopic (exact) mass is 277 g/mol. The van der Waals surface area contributed by atoms with E-state index in [4.69, 9.17) is 5.26 Å². The third-order valence-corrected chi connectivity index (χ3v) is 5.71. The molecule has 0 radical (unpaired) electrons. The summed E-state index contributed by atoms with van der Waals surface area (Å²) < 4.78 is 0. The van der Waals surface area contributed by atoms with Crippen molar-refractivity contribution in [2.24, 2.45) is 5.41 Å². The Kier molecular flexibility index (Phi) is 5.86. The van der Waals surface area contributed by atoms with Crippen LogP contribution in [0.1, 0.15) is 58.8 Å². The van der Waals surface area contributed by atoms with Crippen molar-refractivity contribution in [3.63, 3.8) is 0 Å². The van der Waals surface area contributed by atoms with E-state index in [1.807, 2.05) is 0 Å². The highest BCUT2D eigenvalue weighted by molar-refractivity contribution is 4.89. The van der Waals surface area contributed by atoms with Crippen molar-refractivity contribution in [2.45, 2.75) is 64.8 Å². The smallest absolute Gasteiger partial charge is 0.0621 e. The summed E-state index contributed by atoms with van der Waals surface area (Å²) in [5.74, 6) is 0. The van der Waals surface area contributed by atoms with E-state index in [1.54, 1.807) is 0 Å². The van der Waals surface area contributed by atoms with E-state index in [0.29, 0.717) is 11.8 Å².